The molecule has 0 saturated heterocycles. The molecule has 1 aliphatic heterocycles. The lowest BCUT2D eigenvalue weighted by Gasteiger charge is -2.21. The smallest absolute Gasteiger partial charge is 0.310 e. The number of hydrogen-bond acceptors (Lipinski definition) is 4. The summed E-state index contributed by atoms with van der Waals surface area (Å²) in [5.41, 5.74) is 3.11. The van der Waals surface area contributed by atoms with Crippen LogP contribution in [0.3, 0.4) is 0 Å². The first-order valence-corrected chi connectivity index (χ1v) is 12.3. The zero-order chi connectivity index (χ0) is 25.3. The van der Waals surface area contributed by atoms with Crippen molar-refractivity contribution in [2.75, 3.05) is 6.54 Å². The van der Waals surface area contributed by atoms with E-state index in [1.165, 1.54) is 15.3 Å². The molecule has 11 heteroatoms. The van der Waals surface area contributed by atoms with Gasteiger partial charge in [-0.05, 0) is 59.6 Å². The number of aryl methyl sites for hydroxylation is 2. The summed E-state index contributed by atoms with van der Waals surface area (Å²) < 4.78 is 36.1. The Hall–Kier alpha value is -3.57. The Morgan fingerprint density at radius 1 is 1.14 bits per heavy atom. The van der Waals surface area contributed by atoms with Gasteiger partial charge in [0, 0.05) is 44.0 Å². The monoisotopic (exact) mass is 553 g/mol. The first kappa shape index (κ1) is 22.9. The van der Waals surface area contributed by atoms with Gasteiger partial charge in [-0.1, -0.05) is 0 Å². The number of rotatable bonds is 3. The van der Waals surface area contributed by atoms with Crippen molar-refractivity contribution < 1.29 is 8.78 Å². The molecule has 0 unspecified atom stereocenters. The van der Waals surface area contributed by atoms with Gasteiger partial charge in [0.2, 0.25) is 0 Å². The highest BCUT2D eigenvalue weighted by molar-refractivity contribution is 9.10. The molecule has 1 N–H and O–H groups in total. The van der Waals surface area contributed by atoms with E-state index in [4.69, 9.17) is 5.10 Å². The number of hydrogen-bond donors (Lipinski definition) is 1. The van der Waals surface area contributed by atoms with Crippen molar-refractivity contribution in [3.05, 3.63) is 86.3 Å². The highest BCUT2D eigenvalue weighted by atomic mass is 79.9. The van der Waals surface area contributed by atoms with Crippen LogP contribution in [0.5, 0.6) is 0 Å². The third-order valence-corrected chi connectivity index (χ3v) is 7.34. The van der Waals surface area contributed by atoms with Crippen molar-refractivity contribution in [3.63, 3.8) is 0 Å². The fourth-order valence-corrected chi connectivity index (χ4v) is 5.48. The molecule has 8 nitrogen and oxygen atoms in total. The van der Waals surface area contributed by atoms with Crippen LogP contribution in [0, 0.1) is 18.6 Å². The predicted molar refractivity (Wildman–Crippen MR) is 135 cm³/mol. The molecule has 5 aromatic rings. The molecule has 0 radical (unpaired) electrons. The van der Waals surface area contributed by atoms with Crippen LogP contribution < -0.4 is 11.0 Å². The van der Waals surface area contributed by atoms with Crippen LogP contribution in [0.2, 0.25) is 0 Å². The van der Waals surface area contributed by atoms with Crippen molar-refractivity contribution >= 4 is 26.8 Å². The number of aromatic nitrogens is 6. The highest BCUT2D eigenvalue weighted by Crippen LogP contribution is 2.32. The molecule has 6 rings (SSSR count). The zero-order valence-electron chi connectivity index (χ0n) is 19.8. The number of nitrogens with one attached hydrogen (secondary N) is 1. The first-order chi connectivity index (χ1) is 17.3. The van der Waals surface area contributed by atoms with Crippen LogP contribution in [-0.2, 0) is 13.5 Å². The van der Waals surface area contributed by atoms with Gasteiger partial charge in [0.15, 0.2) is 5.82 Å². The van der Waals surface area contributed by atoms with E-state index < -0.39 is 11.5 Å². The summed E-state index contributed by atoms with van der Waals surface area (Å²) in [4.78, 5) is 13.7. The lowest BCUT2D eigenvalue weighted by molar-refractivity contribution is 0.536. The van der Waals surface area contributed by atoms with Crippen molar-refractivity contribution in [1.29, 1.82) is 0 Å². The molecule has 0 spiro atoms. The molecule has 0 saturated carbocycles. The second-order valence-electron chi connectivity index (χ2n) is 9.00. The fourth-order valence-electron chi connectivity index (χ4n) is 4.94. The number of halogens is 3. The summed E-state index contributed by atoms with van der Waals surface area (Å²) in [7, 11) is 1.74. The molecule has 0 fully saturated rings. The third-order valence-electron chi connectivity index (χ3n) is 6.77. The van der Waals surface area contributed by atoms with E-state index in [2.05, 4.69) is 26.3 Å². The molecule has 1 atom stereocenters. The van der Waals surface area contributed by atoms with Crippen LogP contribution in [0.25, 0.3) is 28.1 Å². The average molecular weight is 554 g/mol. The SMILES string of the molecule is Cc1cc(-n2nc3c(c2-n2ccn(-c4ccc5c(cnn5C)c4F)c2=O)[C@H](C)NCC3)cc(Br)c1F. The molecule has 0 amide bonds. The first-order valence-electron chi connectivity index (χ1n) is 11.5. The number of fused-ring (bicyclic) bond motifs is 2. The summed E-state index contributed by atoms with van der Waals surface area (Å²) in [5.74, 6) is -0.338. The largest absolute Gasteiger partial charge is 0.338 e. The number of benzene rings is 2. The lowest BCUT2D eigenvalue weighted by Crippen LogP contribution is -2.30. The molecule has 0 aliphatic carbocycles. The summed E-state index contributed by atoms with van der Waals surface area (Å²) in [6.45, 7) is 4.44. The van der Waals surface area contributed by atoms with Gasteiger partial charge < -0.3 is 5.32 Å². The number of imidazole rings is 1. The Labute approximate surface area is 212 Å². The topological polar surface area (TPSA) is 74.6 Å². The van der Waals surface area contributed by atoms with E-state index in [1.54, 1.807) is 60.0 Å². The molecule has 4 heterocycles. The molecule has 1 aliphatic rings. The van der Waals surface area contributed by atoms with Gasteiger partial charge in [-0.25, -0.2) is 18.3 Å². The maximum absolute atomic E-state index is 15.4. The molecule has 0 bridgehead atoms. The summed E-state index contributed by atoms with van der Waals surface area (Å²) in [6, 6.07) is 6.57. The van der Waals surface area contributed by atoms with E-state index in [9.17, 15) is 9.18 Å². The van der Waals surface area contributed by atoms with Crippen molar-refractivity contribution in [3.8, 4) is 17.2 Å². The van der Waals surface area contributed by atoms with Gasteiger partial charge in [0.05, 0.1) is 38.6 Å². The highest BCUT2D eigenvalue weighted by Gasteiger charge is 2.29. The van der Waals surface area contributed by atoms with E-state index in [-0.39, 0.29) is 17.5 Å². The van der Waals surface area contributed by atoms with E-state index in [0.717, 1.165) is 17.8 Å². The van der Waals surface area contributed by atoms with Crippen molar-refractivity contribution in [2.24, 2.45) is 7.05 Å². The van der Waals surface area contributed by atoms with Crippen LogP contribution in [-0.4, -0.2) is 35.2 Å². The van der Waals surface area contributed by atoms with Gasteiger partial charge in [0.1, 0.15) is 11.6 Å². The summed E-state index contributed by atoms with van der Waals surface area (Å²) in [6.07, 6.45) is 5.28. The predicted octanol–water partition coefficient (Wildman–Crippen LogP) is 4.26. The minimum atomic E-state index is -0.524. The molecular formula is C25H22BrF2N7O. The minimum Gasteiger partial charge on any atom is -0.310 e. The van der Waals surface area contributed by atoms with Gasteiger partial charge in [-0.2, -0.15) is 10.2 Å². The summed E-state index contributed by atoms with van der Waals surface area (Å²) >= 11 is 3.29. The Kier molecular flexibility index (Phi) is 5.23. The van der Waals surface area contributed by atoms with Crippen molar-refractivity contribution in [2.45, 2.75) is 26.3 Å². The Balaban J connectivity index is 1.59. The van der Waals surface area contributed by atoms with E-state index >= 15 is 4.39 Å². The second-order valence-corrected chi connectivity index (χ2v) is 9.85. The lowest BCUT2D eigenvalue weighted by atomic mass is 10.0. The maximum atomic E-state index is 15.4. The van der Waals surface area contributed by atoms with Crippen LogP contribution in [0.15, 0.2) is 52.1 Å². The normalized spacial score (nSPS) is 15.6. The van der Waals surface area contributed by atoms with Crippen LogP contribution in [0.4, 0.5) is 8.78 Å². The van der Waals surface area contributed by atoms with Gasteiger partial charge in [-0.15, -0.1) is 0 Å². The second kappa shape index (κ2) is 8.24. The van der Waals surface area contributed by atoms with Gasteiger partial charge >= 0.3 is 5.69 Å². The fraction of sp³-hybridized carbons (Fsp3) is 0.240. The molecule has 184 valence electrons. The van der Waals surface area contributed by atoms with Crippen LogP contribution in [0.1, 0.15) is 29.8 Å². The molecular weight excluding hydrogens is 532 g/mol. The molecule has 3 aromatic heterocycles. The van der Waals surface area contributed by atoms with Crippen LogP contribution >= 0.6 is 15.9 Å². The average Bonchev–Trinajstić information content (AvgIpc) is 3.53. The zero-order valence-corrected chi connectivity index (χ0v) is 21.3. The molecule has 36 heavy (non-hydrogen) atoms. The Morgan fingerprint density at radius 3 is 2.69 bits per heavy atom. The van der Waals surface area contributed by atoms with Gasteiger partial charge in [0.25, 0.3) is 0 Å². The minimum absolute atomic E-state index is 0.0683. The third kappa shape index (κ3) is 3.30. The standard InChI is InChI=1S/C25H22BrF2N7O/c1-13-10-15(11-17(26)22(13)27)35-24(21-14(2)29-7-6-18(21)31-35)34-9-8-33(25(34)36)20-5-4-19-16(23(20)28)12-30-32(19)3/h4-5,8-12,14,29H,6-7H2,1-3H3/t14-/m0/s1. The number of nitrogens with zero attached hydrogens (tertiary/aromatic N) is 6. The Morgan fingerprint density at radius 2 is 1.92 bits per heavy atom. The quantitative estimate of drug-likeness (QED) is 0.362. The Bertz CT molecular complexity index is 1710. The van der Waals surface area contributed by atoms with Crippen molar-refractivity contribution in [1.82, 2.24) is 34.0 Å². The maximum Gasteiger partial charge on any atom is 0.338 e. The molecule has 2 aromatic carbocycles. The van der Waals surface area contributed by atoms with E-state index in [1.807, 2.05) is 6.92 Å². The van der Waals surface area contributed by atoms with E-state index in [0.29, 0.717) is 38.9 Å². The summed E-state index contributed by atoms with van der Waals surface area (Å²) in [5, 5.41) is 12.7. The van der Waals surface area contributed by atoms with Gasteiger partial charge in [-0.3, -0.25) is 13.8 Å².